The summed E-state index contributed by atoms with van der Waals surface area (Å²) in [6.07, 6.45) is 4.23. The monoisotopic (exact) mass is 264 g/mol. The van der Waals surface area contributed by atoms with Crippen molar-refractivity contribution in [3.63, 3.8) is 0 Å². The average molecular weight is 264 g/mol. The van der Waals surface area contributed by atoms with Gasteiger partial charge >= 0.3 is 5.97 Å². The quantitative estimate of drug-likeness (QED) is 0.818. The highest BCUT2D eigenvalue weighted by molar-refractivity contribution is 5.75. The Labute approximate surface area is 113 Å². The molecule has 0 saturated heterocycles. The van der Waals surface area contributed by atoms with Crippen molar-refractivity contribution >= 4 is 5.97 Å². The second kappa shape index (κ2) is 6.57. The third-order valence-electron chi connectivity index (χ3n) is 3.47. The van der Waals surface area contributed by atoms with E-state index >= 15 is 0 Å². The van der Waals surface area contributed by atoms with Gasteiger partial charge in [-0.05, 0) is 43.4 Å². The molecule has 0 aliphatic heterocycles. The number of aliphatic hydroxyl groups excluding tert-OH is 1. The van der Waals surface area contributed by atoms with Crippen LogP contribution in [-0.2, 0) is 16.0 Å². The second-order valence-corrected chi connectivity index (χ2v) is 5.08. The molecule has 1 fully saturated rings. The molecule has 1 atom stereocenters. The van der Waals surface area contributed by atoms with E-state index in [4.69, 9.17) is 9.84 Å². The molecule has 1 aromatic rings. The predicted octanol–water partition coefficient (Wildman–Crippen LogP) is 2.17. The van der Waals surface area contributed by atoms with E-state index in [1.165, 1.54) is 18.6 Å². The summed E-state index contributed by atoms with van der Waals surface area (Å²) in [5, 5.41) is 19.0. The molecule has 0 amide bonds. The van der Waals surface area contributed by atoms with Gasteiger partial charge in [-0.25, -0.2) is 4.79 Å². The third kappa shape index (κ3) is 4.24. The molecule has 0 bridgehead atoms. The second-order valence-electron chi connectivity index (χ2n) is 5.08. The molecule has 1 saturated carbocycles. The van der Waals surface area contributed by atoms with Crippen LogP contribution in [0, 0.1) is 0 Å². The van der Waals surface area contributed by atoms with E-state index in [0.717, 1.165) is 31.2 Å². The summed E-state index contributed by atoms with van der Waals surface area (Å²) in [5.41, 5.74) is 0.797. The zero-order valence-electron chi connectivity index (χ0n) is 10.9. The van der Waals surface area contributed by atoms with Crippen LogP contribution in [-0.4, -0.2) is 28.4 Å². The molecule has 0 unspecified atom stereocenters. The van der Waals surface area contributed by atoms with Crippen LogP contribution in [0.5, 0.6) is 5.75 Å². The summed E-state index contributed by atoms with van der Waals surface area (Å²) in [5.74, 6) is -0.372. The van der Waals surface area contributed by atoms with Gasteiger partial charge in [-0.1, -0.05) is 18.6 Å². The Morgan fingerprint density at radius 2 is 1.84 bits per heavy atom. The average Bonchev–Trinajstić information content (AvgIpc) is 2.42. The summed E-state index contributed by atoms with van der Waals surface area (Å²) in [6, 6.07) is 6.45. The van der Waals surface area contributed by atoms with Crippen LogP contribution in [0.25, 0.3) is 0 Å². The molecule has 0 aromatic heterocycles. The minimum Gasteiger partial charge on any atom is -0.508 e. The molecule has 0 heterocycles. The Kier molecular flexibility index (Phi) is 4.80. The molecule has 19 heavy (non-hydrogen) atoms. The standard InChI is InChI=1S/C15H20O4/c16-12-8-6-11(7-9-12)10-14(17)15(18)19-13-4-2-1-3-5-13/h6-9,13-14,16-17H,1-5,10H2/t14-/m0/s1. The fraction of sp³-hybridized carbons (Fsp3) is 0.533. The van der Waals surface area contributed by atoms with Crippen LogP contribution >= 0.6 is 0 Å². The van der Waals surface area contributed by atoms with E-state index in [1.54, 1.807) is 12.1 Å². The Hall–Kier alpha value is -1.55. The van der Waals surface area contributed by atoms with Crippen molar-refractivity contribution in [3.8, 4) is 5.75 Å². The molecular weight excluding hydrogens is 244 g/mol. The number of ether oxygens (including phenoxy) is 1. The molecule has 1 aliphatic rings. The van der Waals surface area contributed by atoms with E-state index in [2.05, 4.69) is 0 Å². The van der Waals surface area contributed by atoms with E-state index in [0.29, 0.717) is 0 Å². The number of carbonyl (C=O) groups is 1. The van der Waals surface area contributed by atoms with Crippen LogP contribution in [0.1, 0.15) is 37.7 Å². The number of hydrogen-bond acceptors (Lipinski definition) is 4. The van der Waals surface area contributed by atoms with Crippen molar-refractivity contribution in [3.05, 3.63) is 29.8 Å². The molecule has 0 spiro atoms. The van der Waals surface area contributed by atoms with E-state index in [1.807, 2.05) is 0 Å². The third-order valence-corrected chi connectivity index (χ3v) is 3.47. The van der Waals surface area contributed by atoms with Crippen LogP contribution in [0.3, 0.4) is 0 Å². The zero-order chi connectivity index (χ0) is 13.7. The lowest BCUT2D eigenvalue weighted by atomic mass is 9.98. The SMILES string of the molecule is O=C(OC1CCCCC1)[C@@H](O)Cc1ccc(O)cc1. The highest BCUT2D eigenvalue weighted by atomic mass is 16.6. The Balaban J connectivity index is 1.83. The van der Waals surface area contributed by atoms with E-state index < -0.39 is 12.1 Å². The molecule has 2 rings (SSSR count). The van der Waals surface area contributed by atoms with Gasteiger partial charge in [-0.15, -0.1) is 0 Å². The Morgan fingerprint density at radius 3 is 2.47 bits per heavy atom. The summed E-state index contributed by atoms with van der Waals surface area (Å²) in [6.45, 7) is 0. The molecule has 1 aliphatic carbocycles. The van der Waals surface area contributed by atoms with Crippen LogP contribution in [0.4, 0.5) is 0 Å². The van der Waals surface area contributed by atoms with Gasteiger partial charge in [-0.2, -0.15) is 0 Å². The fourth-order valence-electron chi connectivity index (χ4n) is 2.36. The van der Waals surface area contributed by atoms with Crippen LogP contribution in [0.15, 0.2) is 24.3 Å². The van der Waals surface area contributed by atoms with Crippen molar-refractivity contribution in [1.29, 1.82) is 0 Å². The highest BCUT2D eigenvalue weighted by Crippen LogP contribution is 2.21. The molecule has 4 nitrogen and oxygen atoms in total. The number of esters is 1. The van der Waals surface area contributed by atoms with Gasteiger partial charge in [0.25, 0.3) is 0 Å². The lowest BCUT2D eigenvalue weighted by Gasteiger charge is -2.23. The zero-order valence-corrected chi connectivity index (χ0v) is 10.9. The largest absolute Gasteiger partial charge is 0.508 e. The van der Waals surface area contributed by atoms with Gasteiger partial charge in [0.15, 0.2) is 6.10 Å². The van der Waals surface area contributed by atoms with Crippen molar-refractivity contribution in [2.75, 3.05) is 0 Å². The van der Waals surface area contributed by atoms with E-state index in [-0.39, 0.29) is 18.3 Å². The van der Waals surface area contributed by atoms with Gasteiger partial charge < -0.3 is 14.9 Å². The summed E-state index contributed by atoms with van der Waals surface area (Å²) < 4.78 is 5.31. The first-order valence-electron chi connectivity index (χ1n) is 6.81. The normalized spacial score (nSPS) is 17.9. The molecular formula is C15H20O4. The number of phenolic OH excluding ortho intramolecular Hbond substituents is 1. The van der Waals surface area contributed by atoms with Crippen molar-refractivity contribution in [1.82, 2.24) is 0 Å². The molecule has 1 aromatic carbocycles. The molecule has 2 N–H and O–H groups in total. The fourth-order valence-corrected chi connectivity index (χ4v) is 2.36. The summed E-state index contributed by atoms with van der Waals surface area (Å²) in [7, 11) is 0. The first-order chi connectivity index (χ1) is 9.15. The molecule has 0 radical (unpaired) electrons. The van der Waals surface area contributed by atoms with Crippen LogP contribution in [0.2, 0.25) is 0 Å². The minimum absolute atomic E-state index is 0.0317. The van der Waals surface area contributed by atoms with Gasteiger partial charge in [0.1, 0.15) is 11.9 Å². The summed E-state index contributed by atoms with van der Waals surface area (Å²) >= 11 is 0. The Bertz CT molecular complexity index is 407. The number of aromatic hydroxyl groups is 1. The first-order valence-corrected chi connectivity index (χ1v) is 6.81. The van der Waals surface area contributed by atoms with Gasteiger partial charge in [0.05, 0.1) is 0 Å². The van der Waals surface area contributed by atoms with E-state index in [9.17, 15) is 9.90 Å². The number of carbonyl (C=O) groups excluding carboxylic acids is 1. The smallest absolute Gasteiger partial charge is 0.335 e. The lowest BCUT2D eigenvalue weighted by molar-refractivity contribution is -0.160. The van der Waals surface area contributed by atoms with Crippen molar-refractivity contribution < 1.29 is 19.7 Å². The van der Waals surface area contributed by atoms with Crippen LogP contribution < -0.4 is 0 Å². The van der Waals surface area contributed by atoms with Gasteiger partial charge in [0, 0.05) is 6.42 Å². The minimum atomic E-state index is -1.13. The lowest BCUT2D eigenvalue weighted by Crippen LogP contribution is -2.30. The molecule has 4 heteroatoms. The number of hydrogen-bond donors (Lipinski definition) is 2. The first kappa shape index (κ1) is 13.9. The summed E-state index contributed by atoms with van der Waals surface area (Å²) in [4.78, 5) is 11.8. The maximum absolute atomic E-state index is 11.8. The maximum atomic E-state index is 11.8. The Morgan fingerprint density at radius 1 is 1.21 bits per heavy atom. The number of phenols is 1. The number of rotatable bonds is 4. The molecule has 104 valence electrons. The van der Waals surface area contributed by atoms with Gasteiger partial charge in [0.2, 0.25) is 0 Å². The number of benzene rings is 1. The topological polar surface area (TPSA) is 66.8 Å². The van der Waals surface area contributed by atoms with Gasteiger partial charge in [-0.3, -0.25) is 0 Å². The van der Waals surface area contributed by atoms with Crippen molar-refractivity contribution in [2.45, 2.75) is 50.7 Å². The van der Waals surface area contributed by atoms with Crippen molar-refractivity contribution in [2.24, 2.45) is 0 Å². The number of aliphatic hydroxyl groups is 1. The maximum Gasteiger partial charge on any atom is 0.335 e. The highest BCUT2D eigenvalue weighted by Gasteiger charge is 2.23. The predicted molar refractivity (Wildman–Crippen MR) is 70.8 cm³/mol.